The van der Waals surface area contributed by atoms with E-state index in [9.17, 15) is 4.79 Å². The number of ether oxygens (including phenoxy) is 1. The van der Waals surface area contributed by atoms with Crippen molar-refractivity contribution in [2.45, 2.75) is 33.7 Å². The zero-order valence-electron chi connectivity index (χ0n) is 12.1. The summed E-state index contributed by atoms with van der Waals surface area (Å²) in [5.41, 5.74) is 0.957. The van der Waals surface area contributed by atoms with Crippen LogP contribution in [-0.4, -0.2) is 19.1 Å². The minimum Gasteiger partial charge on any atom is -0.467 e. The van der Waals surface area contributed by atoms with Gasteiger partial charge in [0.05, 0.1) is 12.9 Å². The van der Waals surface area contributed by atoms with E-state index in [1.807, 2.05) is 19.9 Å². The van der Waals surface area contributed by atoms with E-state index in [0.717, 1.165) is 5.57 Å². The zero-order valence-corrected chi connectivity index (χ0v) is 12.1. The van der Waals surface area contributed by atoms with Gasteiger partial charge < -0.3 is 14.5 Å². The lowest BCUT2D eigenvalue weighted by molar-refractivity contribution is -0.117. The Balaban J connectivity index is 2.60. The highest BCUT2D eigenvalue weighted by atomic mass is 16.5. The molecule has 0 saturated heterocycles. The minimum absolute atomic E-state index is 0.130. The fraction of sp³-hybridized carbons (Fsp3) is 0.533. The van der Waals surface area contributed by atoms with Crippen LogP contribution in [0.2, 0.25) is 0 Å². The van der Waals surface area contributed by atoms with Crippen LogP contribution >= 0.6 is 0 Å². The van der Waals surface area contributed by atoms with Gasteiger partial charge in [-0.25, -0.2) is 0 Å². The van der Waals surface area contributed by atoms with Crippen LogP contribution in [0.3, 0.4) is 0 Å². The van der Waals surface area contributed by atoms with Crippen molar-refractivity contribution in [2.75, 3.05) is 13.2 Å². The van der Waals surface area contributed by atoms with E-state index in [4.69, 9.17) is 9.15 Å². The molecule has 0 aliphatic heterocycles. The summed E-state index contributed by atoms with van der Waals surface area (Å²) in [6, 6.07) is 3.39. The smallest absolute Gasteiger partial charge is 0.244 e. The largest absolute Gasteiger partial charge is 0.467 e. The predicted octanol–water partition coefficient (Wildman–Crippen LogP) is 3.08. The molecule has 106 valence electrons. The van der Waals surface area contributed by atoms with Crippen molar-refractivity contribution in [3.8, 4) is 0 Å². The van der Waals surface area contributed by atoms with E-state index < -0.39 is 0 Å². The van der Waals surface area contributed by atoms with Crippen molar-refractivity contribution in [3.05, 3.63) is 35.8 Å². The molecule has 0 aliphatic rings. The average Bonchev–Trinajstić information content (AvgIpc) is 2.79. The monoisotopic (exact) mass is 265 g/mol. The lowest BCUT2D eigenvalue weighted by Gasteiger charge is -2.17. The van der Waals surface area contributed by atoms with Crippen LogP contribution in [0.15, 0.2) is 34.5 Å². The van der Waals surface area contributed by atoms with Gasteiger partial charge in [-0.05, 0) is 31.9 Å². The maximum atomic E-state index is 11.8. The summed E-state index contributed by atoms with van der Waals surface area (Å²) in [6.45, 7) is 9.02. The van der Waals surface area contributed by atoms with E-state index in [1.165, 1.54) is 0 Å². The molecular formula is C15H23NO3. The molecule has 0 radical (unpaired) electrons. The number of nitrogens with one attached hydrogen (secondary N) is 1. The molecule has 0 spiro atoms. The first-order chi connectivity index (χ1) is 8.99. The molecule has 4 heteroatoms. The first-order valence-electron chi connectivity index (χ1n) is 6.55. The van der Waals surface area contributed by atoms with Crippen LogP contribution in [0.25, 0.3) is 0 Å². The molecule has 1 N–H and O–H groups in total. The summed E-state index contributed by atoms with van der Waals surface area (Å²) >= 11 is 0. The quantitative estimate of drug-likeness (QED) is 0.771. The lowest BCUT2D eigenvalue weighted by Crippen LogP contribution is -2.30. The molecule has 1 aromatic heterocycles. The second-order valence-electron chi connectivity index (χ2n) is 5.23. The fourth-order valence-corrected chi connectivity index (χ4v) is 1.58. The van der Waals surface area contributed by atoms with Crippen molar-refractivity contribution in [1.29, 1.82) is 0 Å². The van der Waals surface area contributed by atoms with Gasteiger partial charge in [-0.2, -0.15) is 0 Å². The molecule has 1 heterocycles. The van der Waals surface area contributed by atoms with Gasteiger partial charge >= 0.3 is 0 Å². The Bertz CT molecular complexity index is 403. The second kappa shape index (κ2) is 7.79. The van der Waals surface area contributed by atoms with E-state index >= 15 is 0 Å². The van der Waals surface area contributed by atoms with Gasteiger partial charge in [0.25, 0.3) is 0 Å². The summed E-state index contributed by atoms with van der Waals surface area (Å²) < 4.78 is 10.9. The summed E-state index contributed by atoms with van der Waals surface area (Å²) in [5.74, 6) is 1.04. The Kier molecular flexibility index (Phi) is 6.36. The number of amides is 1. The van der Waals surface area contributed by atoms with Crippen LogP contribution in [-0.2, 0) is 9.53 Å². The van der Waals surface area contributed by atoms with Gasteiger partial charge in [-0.1, -0.05) is 19.4 Å². The van der Waals surface area contributed by atoms with Crippen LogP contribution in [0.5, 0.6) is 0 Å². The third kappa shape index (κ3) is 6.25. The number of allylic oxidation sites excluding steroid dienone is 1. The molecule has 1 amide bonds. The highest BCUT2D eigenvalue weighted by molar-refractivity contribution is 5.88. The number of hydrogen-bond acceptors (Lipinski definition) is 3. The maximum Gasteiger partial charge on any atom is 0.244 e. The Morgan fingerprint density at radius 1 is 1.42 bits per heavy atom. The summed E-state index contributed by atoms with van der Waals surface area (Å²) in [6.07, 6.45) is 3.16. The molecule has 1 rings (SSSR count). The minimum atomic E-state index is -0.253. The van der Waals surface area contributed by atoms with Gasteiger partial charge in [-0.3, -0.25) is 4.79 Å². The molecule has 0 aromatic carbocycles. The van der Waals surface area contributed by atoms with Crippen molar-refractivity contribution in [1.82, 2.24) is 5.32 Å². The lowest BCUT2D eigenvalue weighted by atomic mass is 10.2. The first-order valence-corrected chi connectivity index (χ1v) is 6.55. The van der Waals surface area contributed by atoms with Crippen LogP contribution in [0, 0.1) is 5.92 Å². The molecular weight excluding hydrogens is 242 g/mol. The van der Waals surface area contributed by atoms with Crippen LogP contribution in [0.1, 0.15) is 39.5 Å². The Morgan fingerprint density at radius 2 is 2.16 bits per heavy atom. The number of furan rings is 1. The highest BCUT2D eigenvalue weighted by Gasteiger charge is 2.16. The average molecular weight is 265 g/mol. The molecule has 4 nitrogen and oxygen atoms in total. The predicted molar refractivity (Wildman–Crippen MR) is 74.7 cm³/mol. The van der Waals surface area contributed by atoms with Gasteiger partial charge in [0.15, 0.2) is 0 Å². The van der Waals surface area contributed by atoms with E-state index in [0.29, 0.717) is 24.9 Å². The molecule has 1 aromatic rings. The molecule has 0 bridgehead atoms. The topological polar surface area (TPSA) is 51.5 Å². The number of rotatable bonds is 7. The first kappa shape index (κ1) is 15.5. The zero-order chi connectivity index (χ0) is 14.3. The number of carbonyl (C=O) groups is 1. The highest BCUT2D eigenvalue weighted by Crippen LogP contribution is 2.14. The summed E-state index contributed by atoms with van der Waals surface area (Å²) in [4.78, 5) is 11.8. The molecule has 0 aliphatic carbocycles. The van der Waals surface area contributed by atoms with Gasteiger partial charge in [0.1, 0.15) is 11.8 Å². The fourth-order valence-electron chi connectivity index (χ4n) is 1.58. The Labute approximate surface area is 114 Å². The van der Waals surface area contributed by atoms with Crippen LogP contribution in [0.4, 0.5) is 0 Å². The van der Waals surface area contributed by atoms with Gasteiger partial charge in [-0.15, -0.1) is 0 Å². The van der Waals surface area contributed by atoms with E-state index in [1.54, 1.807) is 18.4 Å². The van der Waals surface area contributed by atoms with E-state index in [-0.39, 0.29) is 11.9 Å². The Hall–Kier alpha value is -1.55. The van der Waals surface area contributed by atoms with Crippen molar-refractivity contribution in [3.63, 3.8) is 0 Å². The molecule has 19 heavy (non-hydrogen) atoms. The molecule has 0 fully saturated rings. The standard InChI is InChI=1S/C15H23NO3/c1-11(2)8-15(17)16-13(10-18-9-12(3)4)14-6-5-7-19-14/h5-8,12-13H,9-10H2,1-4H3,(H,16,17)/t13-/m1/s1. The van der Waals surface area contributed by atoms with E-state index in [2.05, 4.69) is 19.2 Å². The number of hydrogen-bond donors (Lipinski definition) is 1. The molecule has 0 unspecified atom stereocenters. The van der Waals surface area contributed by atoms with Crippen molar-refractivity contribution < 1.29 is 13.9 Å². The van der Waals surface area contributed by atoms with Gasteiger partial charge in [0, 0.05) is 12.7 Å². The third-order valence-electron chi connectivity index (χ3n) is 2.36. The van der Waals surface area contributed by atoms with Crippen molar-refractivity contribution in [2.24, 2.45) is 5.92 Å². The SMILES string of the molecule is CC(C)=CC(=O)N[C@H](COCC(C)C)c1ccco1. The summed E-state index contributed by atoms with van der Waals surface area (Å²) in [5, 5.41) is 2.89. The Morgan fingerprint density at radius 3 is 2.68 bits per heavy atom. The number of carbonyl (C=O) groups excluding carboxylic acids is 1. The van der Waals surface area contributed by atoms with Crippen LogP contribution < -0.4 is 5.32 Å². The molecule has 1 atom stereocenters. The third-order valence-corrected chi connectivity index (χ3v) is 2.36. The van der Waals surface area contributed by atoms with Crippen molar-refractivity contribution >= 4 is 5.91 Å². The van der Waals surface area contributed by atoms with Gasteiger partial charge in [0.2, 0.25) is 5.91 Å². The molecule has 0 saturated carbocycles. The second-order valence-corrected chi connectivity index (χ2v) is 5.23. The maximum absolute atomic E-state index is 11.8. The normalized spacial score (nSPS) is 12.3. The summed E-state index contributed by atoms with van der Waals surface area (Å²) in [7, 11) is 0.